The first kappa shape index (κ1) is 68.6. The molecule has 14 aromatic carbocycles. The fourth-order valence-corrected chi connectivity index (χ4v) is 15.5. The van der Waals surface area contributed by atoms with E-state index in [0.29, 0.717) is 33.4 Å². The van der Waals surface area contributed by atoms with Gasteiger partial charge in [0.25, 0.3) is 11.4 Å². The van der Waals surface area contributed by atoms with Crippen LogP contribution in [0.5, 0.6) is 0 Å². The monoisotopic (exact) mass is 1490 g/mol. The van der Waals surface area contributed by atoms with E-state index in [1.807, 2.05) is 182 Å². The second-order valence-electron chi connectivity index (χ2n) is 26.4. The Labute approximate surface area is 632 Å². The van der Waals surface area contributed by atoms with Gasteiger partial charge in [-0.2, -0.15) is 8.78 Å². The second kappa shape index (κ2) is 27.2. The molecule has 0 unspecified atom stereocenters. The highest BCUT2D eigenvalue weighted by Crippen LogP contribution is 2.41. The Hall–Kier alpha value is -16.3. The molecule has 0 amide bonds. The van der Waals surface area contributed by atoms with E-state index < -0.39 is 65.5 Å². The van der Waals surface area contributed by atoms with E-state index in [1.54, 1.807) is 53.1 Å². The van der Waals surface area contributed by atoms with Crippen molar-refractivity contribution < 1.29 is 28.5 Å². The molecule has 26 heteroatoms. The molecule has 0 aliphatic carbocycles. The maximum absolute atomic E-state index is 15.2. The summed E-state index contributed by atoms with van der Waals surface area (Å²) in [6.07, 6.45) is 0. The zero-order valence-electron chi connectivity index (χ0n) is 58.6. The molecule has 20 aromatic rings. The molecule has 0 spiro atoms. The summed E-state index contributed by atoms with van der Waals surface area (Å²) >= 11 is 0. The Balaban J connectivity index is 0.000000168. The lowest BCUT2D eigenvalue weighted by molar-refractivity contribution is -0.397. The number of imidazole rings is 3. The number of hydrogen-bond donors (Lipinski definition) is 1. The molecule has 6 aromatic heterocycles. The van der Waals surface area contributed by atoms with Crippen molar-refractivity contribution in [1.29, 1.82) is 0 Å². The molecule has 24 nitrogen and oxygen atoms in total. The zero-order valence-corrected chi connectivity index (χ0v) is 58.6. The third kappa shape index (κ3) is 11.3. The number of fused-ring (bicyclic) bond motifs is 12. The van der Waals surface area contributed by atoms with E-state index in [2.05, 4.69) is 79.3 Å². The normalized spacial score (nSPS) is 11.5. The first-order valence-corrected chi connectivity index (χ1v) is 35.2. The Bertz CT molecular complexity index is 7270. The summed E-state index contributed by atoms with van der Waals surface area (Å²) < 4.78 is 39.0. The van der Waals surface area contributed by atoms with Crippen LogP contribution in [0.15, 0.2) is 330 Å². The molecular formula is C87H53F2N13O11. The molecule has 0 saturated heterocycles. The van der Waals surface area contributed by atoms with Gasteiger partial charge >= 0.3 is 28.4 Å². The predicted octanol–water partition coefficient (Wildman–Crippen LogP) is 19.1. The fraction of sp³-hybridized carbons (Fsp3) is 0. The molecule has 0 aliphatic rings. The molecular weight excluding hydrogens is 1440 g/mol. The van der Waals surface area contributed by atoms with Gasteiger partial charge in [0, 0.05) is 61.5 Å². The minimum Gasteiger partial charge on any atom is -0.309 e. The minimum absolute atomic E-state index is 0.107. The molecule has 0 bridgehead atoms. The molecule has 1 N–H and O–H groups in total. The summed E-state index contributed by atoms with van der Waals surface area (Å²) in [5, 5.41) is 52.4. The number of rotatable bonds is 12. The van der Waals surface area contributed by atoms with E-state index in [4.69, 9.17) is 0 Å². The van der Waals surface area contributed by atoms with Gasteiger partial charge in [-0.1, -0.05) is 146 Å². The van der Waals surface area contributed by atoms with Crippen LogP contribution >= 0.6 is 0 Å². The van der Waals surface area contributed by atoms with Crippen LogP contribution < -0.4 is 17.1 Å². The van der Waals surface area contributed by atoms with Gasteiger partial charge in [-0.25, -0.2) is 14.4 Å². The largest absolute Gasteiger partial charge is 0.338 e. The molecule has 0 fully saturated rings. The number of nitro groups is 4. The van der Waals surface area contributed by atoms with Crippen LogP contribution in [0.2, 0.25) is 0 Å². The van der Waals surface area contributed by atoms with Crippen LogP contribution in [-0.2, 0) is 0 Å². The van der Waals surface area contributed by atoms with Crippen molar-refractivity contribution in [3.63, 3.8) is 0 Å². The maximum Gasteiger partial charge on any atom is 0.338 e. The number of nitrogens with zero attached hydrogens (tertiary/aromatic N) is 12. The average molecular weight is 1490 g/mol. The number of nitrogens with one attached hydrogen (secondary N) is 1. The SMILES string of the molecule is O=[N+]([O-])c1cc([N+](=O)[O-])c(F)cc1F.O=c1[nH]c2ccccc2n1-c1ccc2c(c1)c1ccccc1n2-c1ccccc1.O=c1n(-c2ccc3c(c2)c2ccccc2n3-c2ccccc2)c2ccccc2n1-c1cc(-n2c(=O)n(-c3ccc4c(c3)c3ccccc3n4-c3ccccc3)c3ccccc32)c([N+](=O)[O-])cc1[N+](=O)[O-]. The smallest absolute Gasteiger partial charge is 0.309 e. The summed E-state index contributed by atoms with van der Waals surface area (Å²) in [5.74, 6) is -2.89. The highest BCUT2D eigenvalue weighted by atomic mass is 19.1. The molecule has 0 radical (unpaired) electrons. The molecule has 0 aliphatic heterocycles. The lowest BCUT2D eigenvalue weighted by atomic mass is 10.1. The van der Waals surface area contributed by atoms with Crippen molar-refractivity contribution in [2.45, 2.75) is 0 Å². The van der Waals surface area contributed by atoms with Gasteiger partial charge in [-0.15, -0.1) is 0 Å². The van der Waals surface area contributed by atoms with Gasteiger partial charge in [0.05, 0.1) is 109 Å². The first-order chi connectivity index (χ1) is 55.0. The Kier molecular flexibility index (Phi) is 16.5. The number of nitro benzene ring substituents is 4. The van der Waals surface area contributed by atoms with Crippen LogP contribution in [0.4, 0.5) is 31.5 Å². The second-order valence-corrected chi connectivity index (χ2v) is 26.4. The van der Waals surface area contributed by atoms with Crippen molar-refractivity contribution in [1.82, 2.24) is 41.5 Å². The van der Waals surface area contributed by atoms with Crippen LogP contribution in [0.1, 0.15) is 0 Å². The quantitative estimate of drug-likeness (QED) is 0.0886. The van der Waals surface area contributed by atoms with Gasteiger partial charge in [0.1, 0.15) is 17.4 Å². The Morgan fingerprint density at radius 3 is 0.876 bits per heavy atom. The third-order valence-electron chi connectivity index (χ3n) is 20.2. The molecule has 0 atom stereocenters. The van der Waals surface area contributed by atoms with Gasteiger partial charge in [-0.3, -0.25) is 63.3 Å². The van der Waals surface area contributed by atoms with Gasteiger partial charge < -0.3 is 18.7 Å². The minimum atomic E-state index is -1.45. The van der Waals surface area contributed by atoms with Crippen molar-refractivity contribution in [3.05, 3.63) is 399 Å². The van der Waals surface area contributed by atoms with Gasteiger partial charge in [-0.05, 0) is 146 Å². The van der Waals surface area contributed by atoms with Gasteiger partial charge in [0.15, 0.2) is 0 Å². The topological polar surface area (TPSA) is 279 Å². The van der Waals surface area contributed by atoms with E-state index in [0.717, 1.165) is 99.9 Å². The first-order valence-electron chi connectivity index (χ1n) is 35.2. The highest BCUT2D eigenvalue weighted by Gasteiger charge is 2.33. The number of H-pyrrole nitrogens is 1. The number of para-hydroxylation sites is 12. The number of halogens is 2. The summed E-state index contributed by atoms with van der Waals surface area (Å²) in [4.78, 5) is 88.6. The van der Waals surface area contributed by atoms with Crippen LogP contribution in [0.3, 0.4) is 0 Å². The third-order valence-corrected chi connectivity index (χ3v) is 20.2. The summed E-state index contributed by atoms with van der Waals surface area (Å²) in [5.41, 5.74) is 8.52. The van der Waals surface area contributed by atoms with Crippen LogP contribution in [0, 0.1) is 52.1 Å². The zero-order chi connectivity index (χ0) is 77.6. The van der Waals surface area contributed by atoms with E-state index >= 15 is 9.59 Å². The van der Waals surface area contributed by atoms with Crippen LogP contribution in [0.25, 0.3) is 144 Å². The number of benzene rings is 14. The van der Waals surface area contributed by atoms with Crippen molar-refractivity contribution in [2.24, 2.45) is 0 Å². The number of hydrogen-bond acceptors (Lipinski definition) is 11. The van der Waals surface area contributed by atoms with E-state index in [9.17, 15) is 54.0 Å². The maximum atomic E-state index is 15.2. The summed E-state index contributed by atoms with van der Waals surface area (Å²) in [6.45, 7) is 0. The average Bonchev–Trinajstić information content (AvgIpc) is 1.56. The molecule has 546 valence electrons. The predicted molar refractivity (Wildman–Crippen MR) is 431 cm³/mol. The van der Waals surface area contributed by atoms with Crippen LogP contribution in [-0.4, -0.2) is 61.2 Å². The molecule has 113 heavy (non-hydrogen) atoms. The van der Waals surface area contributed by atoms with E-state index in [1.165, 1.54) is 29.7 Å². The highest BCUT2D eigenvalue weighted by molar-refractivity contribution is 6.12. The fourth-order valence-electron chi connectivity index (χ4n) is 15.5. The standard InChI is InChI=1S/C56H34N8O6.C25H17N3O.C6H2F2N2O4/c65-55-59(37-27-29-45-41(31-37)39-19-7-9-21-43(39)57(45)35-15-3-1-4-16-35)47-23-11-13-25-49(47)61(55)51-33-52(54(64(69)70)34-53(51)63(67)68)62-50-26-14-12-24-48(50)60(56(62)66)38-28-30-46-42(32-38)40-20-8-10-22-44(40)58(46)36-17-5-2-6-18-36;29-25-26-21-11-5-7-13-24(21)28(25)18-14-15-23-20(16-18)19-10-4-6-12-22(19)27(23)17-8-2-1-3-9-17;7-3-1-4(8)6(10(13)14)2-5(3)9(11)12/h1-34H;1-16H,(H,26,29);1-2H. The van der Waals surface area contributed by atoms with Crippen molar-refractivity contribution in [3.8, 4) is 45.5 Å². The van der Waals surface area contributed by atoms with Crippen molar-refractivity contribution >= 4 is 121 Å². The lowest BCUT2D eigenvalue weighted by Crippen LogP contribution is -2.25. The number of aromatic amines is 1. The van der Waals surface area contributed by atoms with Crippen molar-refractivity contribution in [2.75, 3.05) is 0 Å². The molecule has 0 saturated carbocycles. The van der Waals surface area contributed by atoms with Gasteiger partial charge in [0.2, 0.25) is 11.6 Å². The Morgan fingerprint density at radius 2 is 0.522 bits per heavy atom. The van der Waals surface area contributed by atoms with E-state index in [-0.39, 0.29) is 29.2 Å². The number of aromatic nitrogens is 9. The summed E-state index contributed by atoms with van der Waals surface area (Å²) in [7, 11) is 0. The summed E-state index contributed by atoms with van der Waals surface area (Å²) in [6, 6.07) is 96.3. The molecule has 6 heterocycles. The molecule has 20 rings (SSSR count). The Morgan fingerprint density at radius 1 is 0.239 bits per heavy atom. The lowest BCUT2D eigenvalue weighted by Gasteiger charge is -2.10.